The lowest BCUT2D eigenvalue weighted by atomic mass is 10.1. The Labute approximate surface area is 117 Å². The zero-order valence-corrected chi connectivity index (χ0v) is 11.2. The van der Waals surface area contributed by atoms with Crippen molar-refractivity contribution >= 4 is 12.1 Å². The van der Waals surface area contributed by atoms with E-state index in [4.69, 9.17) is 4.74 Å². The first-order valence-corrected chi connectivity index (χ1v) is 5.96. The number of ether oxygens (including phenoxy) is 2. The van der Waals surface area contributed by atoms with Gasteiger partial charge in [-0.05, 0) is 17.7 Å². The van der Waals surface area contributed by atoms with E-state index in [2.05, 4.69) is 16.6 Å². The molecule has 0 aliphatic carbocycles. The van der Waals surface area contributed by atoms with Gasteiger partial charge in [0.15, 0.2) is 0 Å². The molecule has 2 N–H and O–H groups in total. The lowest BCUT2D eigenvalue weighted by Crippen LogP contribution is -2.43. The number of nitrogens with one attached hydrogen (secondary N) is 1. The first-order chi connectivity index (χ1) is 9.56. The van der Waals surface area contributed by atoms with Crippen LogP contribution in [0.1, 0.15) is 5.56 Å². The molecule has 1 rings (SSSR count). The van der Waals surface area contributed by atoms with E-state index in [1.165, 1.54) is 25.3 Å². The van der Waals surface area contributed by atoms with Crippen LogP contribution in [-0.2, 0) is 20.7 Å². The second-order valence-electron chi connectivity index (χ2n) is 3.98. The highest BCUT2D eigenvalue weighted by Gasteiger charge is 2.22. The average molecular weight is 279 g/mol. The van der Waals surface area contributed by atoms with Crippen molar-refractivity contribution in [2.24, 2.45) is 0 Å². The molecule has 6 nitrogen and oxygen atoms in total. The van der Waals surface area contributed by atoms with Crippen LogP contribution in [0.15, 0.2) is 36.9 Å². The molecule has 108 valence electrons. The van der Waals surface area contributed by atoms with Crippen LogP contribution in [0.5, 0.6) is 5.75 Å². The number of aromatic hydroxyl groups is 1. The quantitative estimate of drug-likeness (QED) is 0.607. The third-order valence-corrected chi connectivity index (χ3v) is 2.49. The number of carbonyl (C=O) groups excluding carboxylic acids is 2. The molecule has 1 aromatic rings. The number of methoxy groups -OCH3 is 1. The summed E-state index contributed by atoms with van der Waals surface area (Å²) in [6.07, 6.45) is 0.933. The van der Waals surface area contributed by atoms with Crippen LogP contribution in [0, 0.1) is 0 Å². The van der Waals surface area contributed by atoms with Gasteiger partial charge in [0.25, 0.3) is 0 Å². The van der Waals surface area contributed by atoms with Gasteiger partial charge in [-0.3, -0.25) is 0 Å². The van der Waals surface area contributed by atoms with Crippen molar-refractivity contribution in [2.45, 2.75) is 12.5 Å². The van der Waals surface area contributed by atoms with E-state index in [0.29, 0.717) is 0 Å². The summed E-state index contributed by atoms with van der Waals surface area (Å²) in [6, 6.07) is 5.45. The van der Waals surface area contributed by atoms with Gasteiger partial charge in [0.1, 0.15) is 18.4 Å². The molecule has 1 aromatic carbocycles. The van der Waals surface area contributed by atoms with Crippen molar-refractivity contribution in [3.8, 4) is 5.75 Å². The molecule has 0 aromatic heterocycles. The van der Waals surface area contributed by atoms with Crippen molar-refractivity contribution < 1.29 is 24.2 Å². The number of hydrogen-bond donors (Lipinski definition) is 2. The second kappa shape index (κ2) is 7.83. The van der Waals surface area contributed by atoms with Gasteiger partial charge in [-0.25, -0.2) is 9.59 Å². The first kappa shape index (κ1) is 15.6. The summed E-state index contributed by atoms with van der Waals surface area (Å²) in [6.45, 7) is 3.47. The third-order valence-electron chi connectivity index (χ3n) is 2.49. The van der Waals surface area contributed by atoms with Crippen LogP contribution < -0.4 is 5.32 Å². The van der Waals surface area contributed by atoms with Gasteiger partial charge in [-0.1, -0.05) is 24.8 Å². The zero-order chi connectivity index (χ0) is 15.0. The minimum atomic E-state index is -0.859. The Morgan fingerprint density at radius 3 is 2.60 bits per heavy atom. The number of rotatable bonds is 6. The summed E-state index contributed by atoms with van der Waals surface area (Å²) in [4.78, 5) is 23.1. The normalized spacial score (nSPS) is 11.2. The first-order valence-electron chi connectivity index (χ1n) is 5.96. The molecule has 0 unspecified atom stereocenters. The van der Waals surface area contributed by atoms with Crippen molar-refractivity contribution in [2.75, 3.05) is 13.7 Å². The topological polar surface area (TPSA) is 84.9 Å². The highest BCUT2D eigenvalue weighted by Crippen LogP contribution is 2.11. The largest absolute Gasteiger partial charge is 0.508 e. The Balaban J connectivity index is 2.69. The zero-order valence-electron chi connectivity index (χ0n) is 11.2. The summed E-state index contributed by atoms with van der Waals surface area (Å²) in [5.41, 5.74) is 0.766. The van der Waals surface area contributed by atoms with Gasteiger partial charge in [-0.15, -0.1) is 0 Å². The molecule has 0 aliphatic heterocycles. The second-order valence-corrected chi connectivity index (χ2v) is 3.98. The Morgan fingerprint density at radius 2 is 2.05 bits per heavy atom. The van der Waals surface area contributed by atoms with Crippen LogP contribution in [0.25, 0.3) is 0 Å². The molecule has 0 heterocycles. The number of esters is 1. The van der Waals surface area contributed by atoms with Gasteiger partial charge in [0, 0.05) is 6.42 Å². The number of carbonyl (C=O) groups is 2. The Bertz CT molecular complexity index is 469. The number of amides is 1. The van der Waals surface area contributed by atoms with E-state index in [1.807, 2.05) is 0 Å². The summed E-state index contributed by atoms with van der Waals surface area (Å²) >= 11 is 0. The molecule has 1 amide bonds. The molecule has 1 atom stereocenters. The van der Waals surface area contributed by atoms with Crippen molar-refractivity contribution in [1.29, 1.82) is 0 Å². The minimum Gasteiger partial charge on any atom is -0.508 e. The lowest BCUT2D eigenvalue weighted by Gasteiger charge is -2.16. The molecule has 0 bridgehead atoms. The summed E-state index contributed by atoms with van der Waals surface area (Å²) in [5.74, 6) is -0.449. The summed E-state index contributed by atoms with van der Waals surface area (Å²) in [7, 11) is 1.24. The van der Waals surface area contributed by atoms with E-state index >= 15 is 0 Å². The molecule has 0 fully saturated rings. The number of phenols is 1. The molecule has 0 saturated carbocycles. The average Bonchev–Trinajstić information content (AvgIpc) is 2.45. The van der Waals surface area contributed by atoms with Gasteiger partial charge in [0.05, 0.1) is 7.11 Å². The number of benzene rings is 1. The van der Waals surface area contributed by atoms with Crippen LogP contribution in [0.4, 0.5) is 4.79 Å². The third kappa shape index (κ3) is 5.01. The van der Waals surface area contributed by atoms with E-state index in [-0.39, 0.29) is 18.8 Å². The molecule has 0 saturated heterocycles. The lowest BCUT2D eigenvalue weighted by molar-refractivity contribution is -0.142. The molecule has 6 heteroatoms. The number of alkyl carbamates (subject to hydrolysis) is 1. The van der Waals surface area contributed by atoms with E-state index < -0.39 is 18.1 Å². The highest BCUT2D eigenvalue weighted by molar-refractivity contribution is 5.81. The van der Waals surface area contributed by atoms with Crippen LogP contribution in [0.2, 0.25) is 0 Å². The van der Waals surface area contributed by atoms with Gasteiger partial charge in [-0.2, -0.15) is 0 Å². The predicted octanol–water partition coefficient (Wildman–Crippen LogP) is 1.39. The van der Waals surface area contributed by atoms with Crippen molar-refractivity contribution in [3.63, 3.8) is 0 Å². The Hall–Kier alpha value is -2.50. The smallest absolute Gasteiger partial charge is 0.408 e. The molecule has 0 radical (unpaired) electrons. The predicted molar refractivity (Wildman–Crippen MR) is 72.3 cm³/mol. The minimum absolute atomic E-state index is 0.0545. The fourth-order valence-electron chi connectivity index (χ4n) is 1.52. The maximum absolute atomic E-state index is 11.6. The summed E-state index contributed by atoms with van der Waals surface area (Å²) in [5, 5.41) is 11.6. The SMILES string of the molecule is C=CCOC(=O)N[C@@H](Cc1ccc(O)cc1)C(=O)OC. The number of hydrogen-bond acceptors (Lipinski definition) is 5. The van der Waals surface area contributed by atoms with E-state index in [9.17, 15) is 14.7 Å². The van der Waals surface area contributed by atoms with Crippen molar-refractivity contribution in [1.82, 2.24) is 5.32 Å². The number of phenolic OH excluding ortho intramolecular Hbond substituents is 1. The maximum atomic E-state index is 11.6. The maximum Gasteiger partial charge on any atom is 0.408 e. The molecular weight excluding hydrogens is 262 g/mol. The fourth-order valence-corrected chi connectivity index (χ4v) is 1.52. The van der Waals surface area contributed by atoms with Gasteiger partial charge >= 0.3 is 12.1 Å². The highest BCUT2D eigenvalue weighted by atomic mass is 16.6. The Kier molecular flexibility index (Phi) is 6.09. The monoisotopic (exact) mass is 279 g/mol. The summed E-state index contributed by atoms with van der Waals surface area (Å²) < 4.78 is 9.39. The molecule has 0 aliphatic rings. The standard InChI is InChI=1S/C14H17NO5/c1-3-8-20-14(18)15-12(13(17)19-2)9-10-4-6-11(16)7-5-10/h3-7,12,16H,1,8-9H2,2H3,(H,15,18)/t12-/m0/s1. The molecule has 20 heavy (non-hydrogen) atoms. The fraction of sp³-hybridized carbons (Fsp3) is 0.286. The Morgan fingerprint density at radius 1 is 1.40 bits per heavy atom. The van der Waals surface area contributed by atoms with E-state index in [0.717, 1.165) is 5.56 Å². The van der Waals surface area contributed by atoms with Crippen LogP contribution >= 0.6 is 0 Å². The van der Waals surface area contributed by atoms with Gasteiger partial charge in [0.2, 0.25) is 0 Å². The van der Waals surface area contributed by atoms with E-state index in [1.54, 1.807) is 12.1 Å². The van der Waals surface area contributed by atoms with Gasteiger partial charge < -0.3 is 19.9 Å². The van der Waals surface area contributed by atoms with Crippen LogP contribution in [-0.4, -0.2) is 36.9 Å². The molecular formula is C14H17NO5. The molecule has 0 spiro atoms. The van der Waals surface area contributed by atoms with Crippen molar-refractivity contribution in [3.05, 3.63) is 42.5 Å². The van der Waals surface area contributed by atoms with Crippen LogP contribution in [0.3, 0.4) is 0 Å².